The van der Waals surface area contributed by atoms with Crippen LogP contribution in [0.2, 0.25) is 0 Å². The summed E-state index contributed by atoms with van der Waals surface area (Å²) in [5.74, 6) is 1.48. The predicted octanol–water partition coefficient (Wildman–Crippen LogP) is 2.88. The summed E-state index contributed by atoms with van der Waals surface area (Å²) in [6.07, 6.45) is 0.952. The van der Waals surface area contributed by atoms with Crippen molar-refractivity contribution in [3.63, 3.8) is 0 Å². The van der Waals surface area contributed by atoms with Crippen LogP contribution in [-0.2, 0) is 11.3 Å². The Balaban J connectivity index is 2.39. The fourth-order valence-corrected chi connectivity index (χ4v) is 2.96. The zero-order valence-corrected chi connectivity index (χ0v) is 13.8. The SMILES string of the molecule is CCC(N)CSCC(=O)N(C)Cc1ccccc1Br. The molecule has 0 bridgehead atoms. The van der Waals surface area contributed by atoms with Crippen molar-refractivity contribution in [1.82, 2.24) is 4.90 Å². The van der Waals surface area contributed by atoms with Gasteiger partial charge in [-0.15, -0.1) is 0 Å². The summed E-state index contributed by atoms with van der Waals surface area (Å²) < 4.78 is 1.04. The van der Waals surface area contributed by atoms with Crippen molar-refractivity contribution < 1.29 is 4.79 Å². The third kappa shape index (κ3) is 5.97. The fraction of sp³-hybridized carbons (Fsp3) is 0.500. The molecule has 3 nitrogen and oxygen atoms in total. The van der Waals surface area contributed by atoms with E-state index in [-0.39, 0.29) is 11.9 Å². The van der Waals surface area contributed by atoms with Gasteiger partial charge in [-0.2, -0.15) is 11.8 Å². The van der Waals surface area contributed by atoms with Crippen LogP contribution in [0.4, 0.5) is 0 Å². The van der Waals surface area contributed by atoms with Crippen molar-refractivity contribution >= 4 is 33.6 Å². The minimum atomic E-state index is 0.143. The maximum atomic E-state index is 12.0. The summed E-state index contributed by atoms with van der Waals surface area (Å²) in [4.78, 5) is 13.7. The molecule has 0 fully saturated rings. The predicted molar refractivity (Wildman–Crippen MR) is 86.2 cm³/mol. The van der Waals surface area contributed by atoms with Gasteiger partial charge in [0.05, 0.1) is 5.75 Å². The molecule has 2 N–H and O–H groups in total. The second kappa shape index (κ2) is 8.61. The maximum absolute atomic E-state index is 12.0. The third-order valence-electron chi connectivity index (χ3n) is 2.87. The summed E-state index contributed by atoms with van der Waals surface area (Å²) in [7, 11) is 1.84. The monoisotopic (exact) mass is 344 g/mol. The number of carbonyl (C=O) groups excluding carboxylic acids is 1. The first kappa shape index (κ1) is 16.5. The van der Waals surface area contributed by atoms with Crippen LogP contribution in [0.15, 0.2) is 28.7 Å². The molecule has 0 saturated carbocycles. The van der Waals surface area contributed by atoms with Crippen LogP contribution in [0.25, 0.3) is 0 Å². The molecule has 0 aromatic heterocycles. The van der Waals surface area contributed by atoms with Gasteiger partial charge < -0.3 is 10.6 Å². The lowest BCUT2D eigenvalue weighted by molar-refractivity contribution is -0.127. The second-order valence-corrected chi connectivity index (χ2v) is 6.41. The Bertz CT molecular complexity index is 414. The van der Waals surface area contributed by atoms with Crippen LogP contribution in [0, 0.1) is 0 Å². The minimum absolute atomic E-state index is 0.143. The van der Waals surface area contributed by atoms with Crippen LogP contribution >= 0.6 is 27.7 Å². The van der Waals surface area contributed by atoms with Crippen molar-refractivity contribution in [2.24, 2.45) is 5.73 Å². The van der Waals surface area contributed by atoms with Gasteiger partial charge in [0, 0.05) is 29.9 Å². The molecule has 19 heavy (non-hydrogen) atoms. The van der Waals surface area contributed by atoms with Crippen molar-refractivity contribution in [3.8, 4) is 0 Å². The fourth-order valence-electron chi connectivity index (χ4n) is 1.50. The molecule has 1 aromatic rings. The summed E-state index contributed by atoms with van der Waals surface area (Å²) >= 11 is 5.10. The van der Waals surface area contributed by atoms with Gasteiger partial charge in [-0.3, -0.25) is 4.79 Å². The molecule has 1 rings (SSSR count). The average Bonchev–Trinajstić information content (AvgIpc) is 2.40. The van der Waals surface area contributed by atoms with E-state index in [1.165, 1.54) is 0 Å². The smallest absolute Gasteiger partial charge is 0.232 e. The van der Waals surface area contributed by atoms with Gasteiger partial charge in [-0.25, -0.2) is 0 Å². The molecule has 0 aliphatic carbocycles. The van der Waals surface area contributed by atoms with Crippen molar-refractivity contribution in [2.75, 3.05) is 18.6 Å². The van der Waals surface area contributed by atoms with Crippen LogP contribution in [-0.4, -0.2) is 35.4 Å². The van der Waals surface area contributed by atoms with Gasteiger partial charge in [-0.05, 0) is 18.1 Å². The first-order valence-corrected chi connectivity index (χ1v) is 8.30. The number of carbonyl (C=O) groups is 1. The molecule has 0 aliphatic rings. The Morgan fingerprint density at radius 3 is 2.79 bits per heavy atom. The minimum Gasteiger partial charge on any atom is -0.341 e. The zero-order chi connectivity index (χ0) is 14.3. The molecule has 106 valence electrons. The van der Waals surface area contributed by atoms with Crippen LogP contribution < -0.4 is 5.73 Å². The Hall–Kier alpha value is -0.520. The number of hydrogen-bond donors (Lipinski definition) is 1. The first-order valence-electron chi connectivity index (χ1n) is 6.35. The highest BCUT2D eigenvalue weighted by Crippen LogP contribution is 2.17. The highest BCUT2D eigenvalue weighted by molar-refractivity contribution is 9.10. The van der Waals surface area contributed by atoms with Gasteiger partial charge >= 0.3 is 0 Å². The molecule has 0 spiro atoms. The Labute approximate surface area is 128 Å². The van der Waals surface area contributed by atoms with E-state index in [0.29, 0.717) is 12.3 Å². The van der Waals surface area contributed by atoms with Gasteiger partial charge in [0.15, 0.2) is 0 Å². The number of nitrogens with two attached hydrogens (primary N) is 1. The highest BCUT2D eigenvalue weighted by Gasteiger charge is 2.11. The molecule has 1 amide bonds. The lowest BCUT2D eigenvalue weighted by atomic mass is 10.2. The zero-order valence-electron chi connectivity index (χ0n) is 11.4. The average molecular weight is 345 g/mol. The second-order valence-electron chi connectivity index (χ2n) is 4.52. The van der Waals surface area contributed by atoms with Crippen LogP contribution in [0.1, 0.15) is 18.9 Å². The van der Waals surface area contributed by atoms with Gasteiger partial charge in [0.2, 0.25) is 5.91 Å². The van der Waals surface area contributed by atoms with E-state index in [1.54, 1.807) is 16.7 Å². The molecular formula is C14H21BrN2OS. The van der Waals surface area contributed by atoms with Crippen molar-refractivity contribution in [1.29, 1.82) is 0 Å². The number of nitrogens with zero attached hydrogens (tertiary/aromatic N) is 1. The lowest BCUT2D eigenvalue weighted by Gasteiger charge is -2.18. The number of halogens is 1. The summed E-state index contributed by atoms with van der Waals surface area (Å²) in [5.41, 5.74) is 6.95. The van der Waals surface area contributed by atoms with E-state index in [1.807, 2.05) is 31.3 Å². The number of amides is 1. The number of rotatable bonds is 7. The van der Waals surface area contributed by atoms with E-state index in [2.05, 4.69) is 22.9 Å². The molecular weight excluding hydrogens is 324 g/mol. The number of hydrogen-bond acceptors (Lipinski definition) is 3. The molecule has 1 atom stereocenters. The molecule has 5 heteroatoms. The van der Waals surface area contributed by atoms with E-state index in [9.17, 15) is 4.79 Å². The van der Waals surface area contributed by atoms with Crippen LogP contribution in [0.5, 0.6) is 0 Å². The first-order chi connectivity index (χ1) is 9.04. The molecule has 1 aromatic carbocycles. The summed E-state index contributed by atoms with van der Waals surface area (Å²) in [6.45, 7) is 2.69. The quantitative estimate of drug-likeness (QED) is 0.827. The van der Waals surface area contributed by atoms with Crippen molar-refractivity contribution in [2.45, 2.75) is 25.9 Å². The largest absolute Gasteiger partial charge is 0.341 e. The molecule has 0 heterocycles. The van der Waals surface area contributed by atoms with E-state index in [4.69, 9.17) is 5.73 Å². The Morgan fingerprint density at radius 1 is 1.47 bits per heavy atom. The van der Waals surface area contributed by atoms with Crippen molar-refractivity contribution in [3.05, 3.63) is 34.3 Å². The number of benzene rings is 1. The number of thioether (sulfide) groups is 1. The molecule has 0 radical (unpaired) electrons. The highest BCUT2D eigenvalue weighted by atomic mass is 79.9. The van der Waals surface area contributed by atoms with E-state index in [0.717, 1.165) is 22.2 Å². The summed E-state index contributed by atoms with van der Waals surface area (Å²) in [6, 6.07) is 8.15. The van der Waals surface area contributed by atoms with Gasteiger partial charge in [0.1, 0.15) is 0 Å². The van der Waals surface area contributed by atoms with Gasteiger partial charge in [-0.1, -0.05) is 41.1 Å². The maximum Gasteiger partial charge on any atom is 0.232 e. The van der Waals surface area contributed by atoms with Gasteiger partial charge in [0.25, 0.3) is 0 Å². The molecule has 0 saturated heterocycles. The Kier molecular flexibility index (Phi) is 7.49. The standard InChI is InChI=1S/C14H21BrN2OS/c1-3-12(16)9-19-10-14(18)17(2)8-11-6-4-5-7-13(11)15/h4-7,12H,3,8-10,16H2,1-2H3. The molecule has 1 unspecified atom stereocenters. The van der Waals surface area contributed by atoms with Crippen LogP contribution in [0.3, 0.4) is 0 Å². The summed E-state index contributed by atoms with van der Waals surface area (Å²) in [5, 5.41) is 0. The third-order valence-corrected chi connectivity index (χ3v) is 4.76. The normalized spacial score (nSPS) is 12.2. The lowest BCUT2D eigenvalue weighted by Crippen LogP contribution is -2.29. The van der Waals surface area contributed by atoms with E-state index >= 15 is 0 Å². The van der Waals surface area contributed by atoms with E-state index < -0.39 is 0 Å². The molecule has 0 aliphatic heterocycles. The Morgan fingerprint density at radius 2 is 2.16 bits per heavy atom. The topological polar surface area (TPSA) is 46.3 Å².